The summed E-state index contributed by atoms with van der Waals surface area (Å²) in [5.41, 5.74) is -0.287. The standard InChI is InChI=1S/C14H18O5S/c1-2-14(8-3-4-9-14)19-13(15)11-6-5-7-12(10-11)20(16,17)18/h5-7,10H,2-4,8-9H2,1H3,(H,16,17,18). The lowest BCUT2D eigenvalue weighted by atomic mass is 9.98. The third-order valence-electron chi connectivity index (χ3n) is 3.84. The van der Waals surface area contributed by atoms with E-state index in [1.165, 1.54) is 18.2 Å². The molecule has 2 rings (SSSR count). The molecule has 0 atom stereocenters. The summed E-state index contributed by atoms with van der Waals surface area (Å²) in [4.78, 5) is 11.8. The van der Waals surface area contributed by atoms with Crippen LogP contribution in [0.25, 0.3) is 0 Å². The predicted octanol–water partition coefficient (Wildman–Crippen LogP) is 2.81. The highest BCUT2D eigenvalue weighted by Gasteiger charge is 2.36. The maximum absolute atomic E-state index is 12.1. The molecular formula is C14H18O5S. The molecule has 0 aliphatic heterocycles. The average Bonchev–Trinajstić information content (AvgIpc) is 2.87. The molecule has 1 aromatic carbocycles. The van der Waals surface area contributed by atoms with Gasteiger partial charge in [-0.15, -0.1) is 0 Å². The zero-order valence-electron chi connectivity index (χ0n) is 11.3. The van der Waals surface area contributed by atoms with Crippen LogP contribution in [0.5, 0.6) is 0 Å². The van der Waals surface area contributed by atoms with Crippen LogP contribution in [0.1, 0.15) is 49.4 Å². The zero-order valence-corrected chi connectivity index (χ0v) is 12.1. The van der Waals surface area contributed by atoms with Gasteiger partial charge in [-0.25, -0.2) is 4.79 Å². The lowest BCUT2D eigenvalue weighted by Gasteiger charge is -2.27. The van der Waals surface area contributed by atoms with Crippen molar-refractivity contribution in [3.63, 3.8) is 0 Å². The van der Waals surface area contributed by atoms with Crippen molar-refractivity contribution in [3.05, 3.63) is 29.8 Å². The van der Waals surface area contributed by atoms with Crippen LogP contribution in [0.15, 0.2) is 29.2 Å². The van der Waals surface area contributed by atoms with Crippen molar-refractivity contribution in [2.75, 3.05) is 0 Å². The average molecular weight is 298 g/mol. The Balaban J connectivity index is 2.21. The number of benzene rings is 1. The number of ether oxygens (including phenoxy) is 1. The molecule has 1 saturated carbocycles. The second kappa shape index (κ2) is 5.54. The van der Waals surface area contributed by atoms with Gasteiger partial charge < -0.3 is 4.74 Å². The normalized spacial score (nSPS) is 17.9. The van der Waals surface area contributed by atoms with E-state index in [9.17, 15) is 13.2 Å². The number of rotatable bonds is 4. The molecule has 0 bridgehead atoms. The molecule has 0 saturated heterocycles. The molecule has 110 valence electrons. The number of carbonyl (C=O) groups excluding carboxylic acids is 1. The Bertz CT molecular complexity index is 600. The van der Waals surface area contributed by atoms with Gasteiger partial charge in [0.1, 0.15) is 5.60 Å². The molecule has 1 fully saturated rings. The van der Waals surface area contributed by atoms with E-state index in [0.717, 1.165) is 38.2 Å². The lowest BCUT2D eigenvalue weighted by Crippen LogP contribution is -2.31. The molecule has 5 nitrogen and oxygen atoms in total. The summed E-state index contributed by atoms with van der Waals surface area (Å²) in [6.07, 6.45) is 4.50. The van der Waals surface area contributed by atoms with Crippen LogP contribution in [0.4, 0.5) is 0 Å². The van der Waals surface area contributed by atoms with Crippen LogP contribution in [0.3, 0.4) is 0 Å². The Labute approximate surface area is 118 Å². The van der Waals surface area contributed by atoms with Gasteiger partial charge >= 0.3 is 5.97 Å². The van der Waals surface area contributed by atoms with Crippen molar-refractivity contribution in [3.8, 4) is 0 Å². The Kier molecular flexibility index (Phi) is 4.15. The largest absolute Gasteiger partial charge is 0.455 e. The van der Waals surface area contributed by atoms with Gasteiger partial charge in [0, 0.05) is 0 Å². The Morgan fingerprint density at radius 1 is 1.35 bits per heavy atom. The number of hydrogen-bond acceptors (Lipinski definition) is 4. The fraction of sp³-hybridized carbons (Fsp3) is 0.500. The fourth-order valence-corrected chi connectivity index (χ4v) is 3.11. The summed E-state index contributed by atoms with van der Waals surface area (Å²) < 4.78 is 36.7. The minimum atomic E-state index is -4.31. The Morgan fingerprint density at radius 3 is 2.55 bits per heavy atom. The first kappa shape index (κ1) is 15.0. The maximum Gasteiger partial charge on any atom is 0.338 e. The summed E-state index contributed by atoms with van der Waals surface area (Å²) in [5.74, 6) is -0.542. The molecule has 0 radical (unpaired) electrons. The Hall–Kier alpha value is -1.40. The minimum Gasteiger partial charge on any atom is -0.455 e. The van der Waals surface area contributed by atoms with E-state index in [4.69, 9.17) is 9.29 Å². The van der Waals surface area contributed by atoms with Gasteiger partial charge in [-0.1, -0.05) is 13.0 Å². The van der Waals surface area contributed by atoms with Crippen molar-refractivity contribution in [2.24, 2.45) is 0 Å². The predicted molar refractivity (Wildman–Crippen MR) is 73.2 cm³/mol. The molecular weight excluding hydrogens is 280 g/mol. The highest BCUT2D eigenvalue weighted by Crippen LogP contribution is 2.36. The molecule has 0 unspecified atom stereocenters. The summed E-state index contributed by atoms with van der Waals surface area (Å²) in [6, 6.07) is 5.26. The van der Waals surface area contributed by atoms with E-state index >= 15 is 0 Å². The van der Waals surface area contributed by atoms with E-state index in [2.05, 4.69) is 0 Å². The first-order valence-corrected chi connectivity index (χ1v) is 8.11. The van der Waals surface area contributed by atoms with E-state index in [1.807, 2.05) is 6.92 Å². The minimum absolute atomic E-state index is 0.139. The molecule has 6 heteroatoms. The Morgan fingerprint density at radius 2 is 2.00 bits per heavy atom. The lowest BCUT2D eigenvalue weighted by molar-refractivity contribution is -0.0172. The first-order valence-electron chi connectivity index (χ1n) is 6.67. The second-order valence-electron chi connectivity index (χ2n) is 5.14. The van der Waals surface area contributed by atoms with Crippen molar-refractivity contribution in [1.82, 2.24) is 0 Å². The van der Waals surface area contributed by atoms with Gasteiger partial charge in [0.2, 0.25) is 0 Å². The van der Waals surface area contributed by atoms with Gasteiger partial charge in [0.25, 0.3) is 10.1 Å². The van der Waals surface area contributed by atoms with Crippen molar-refractivity contribution >= 4 is 16.1 Å². The molecule has 0 amide bonds. The van der Waals surface area contributed by atoms with Crippen LogP contribution in [-0.4, -0.2) is 24.5 Å². The highest BCUT2D eigenvalue weighted by atomic mass is 32.2. The number of carbonyl (C=O) groups is 1. The molecule has 1 aromatic rings. The third-order valence-corrected chi connectivity index (χ3v) is 4.69. The molecule has 1 aliphatic carbocycles. The van der Waals surface area contributed by atoms with Crippen LogP contribution >= 0.6 is 0 Å². The topological polar surface area (TPSA) is 80.7 Å². The quantitative estimate of drug-likeness (QED) is 0.683. The monoisotopic (exact) mass is 298 g/mol. The van der Waals surface area contributed by atoms with E-state index in [1.54, 1.807) is 0 Å². The van der Waals surface area contributed by atoms with E-state index in [-0.39, 0.29) is 10.5 Å². The number of hydrogen-bond donors (Lipinski definition) is 1. The summed E-state index contributed by atoms with van der Waals surface area (Å²) in [7, 11) is -4.31. The molecule has 0 spiro atoms. The van der Waals surface area contributed by atoms with Crippen LogP contribution in [0, 0.1) is 0 Å². The van der Waals surface area contributed by atoms with Crippen LogP contribution in [0.2, 0.25) is 0 Å². The maximum atomic E-state index is 12.1. The summed E-state index contributed by atoms with van der Waals surface area (Å²) in [6.45, 7) is 1.98. The molecule has 1 aliphatic rings. The van der Waals surface area contributed by atoms with Gasteiger partial charge in [0.05, 0.1) is 10.5 Å². The van der Waals surface area contributed by atoms with Crippen molar-refractivity contribution in [1.29, 1.82) is 0 Å². The van der Waals surface area contributed by atoms with E-state index < -0.39 is 21.7 Å². The fourth-order valence-electron chi connectivity index (χ4n) is 2.59. The van der Waals surface area contributed by atoms with Crippen molar-refractivity contribution in [2.45, 2.75) is 49.5 Å². The van der Waals surface area contributed by atoms with Crippen LogP contribution in [-0.2, 0) is 14.9 Å². The van der Waals surface area contributed by atoms with Gasteiger partial charge in [-0.05, 0) is 50.3 Å². The second-order valence-corrected chi connectivity index (χ2v) is 6.56. The van der Waals surface area contributed by atoms with Gasteiger partial charge in [0.15, 0.2) is 0 Å². The summed E-state index contributed by atoms with van der Waals surface area (Å²) >= 11 is 0. The number of esters is 1. The SMILES string of the molecule is CCC1(OC(=O)c2cccc(S(=O)(=O)O)c2)CCCC1. The third kappa shape index (κ3) is 3.19. The molecule has 0 heterocycles. The van der Waals surface area contributed by atoms with E-state index in [0.29, 0.717) is 0 Å². The van der Waals surface area contributed by atoms with Crippen LogP contribution < -0.4 is 0 Å². The smallest absolute Gasteiger partial charge is 0.338 e. The van der Waals surface area contributed by atoms with Crippen molar-refractivity contribution < 1.29 is 22.5 Å². The van der Waals surface area contributed by atoms with Gasteiger partial charge in [-0.3, -0.25) is 4.55 Å². The highest BCUT2D eigenvalue weighted by molar-refractivity contribution is 7.85. The molecule has 1 N–H and O–H groups in total. The summed E-state index contributed by atoms with van der Waals surface area (Å²) in [5, 5.41) is 0. The van der Waals surface area contributed by atoms with Gasteiger partial charge in [-0.2, -0.15) is 8.42 Å². The first-order chi connectivity index (χ1) is 9.36. The molecule has 20 heavy (non-hydrogen) atoms. The zero-order chi connectivity index (χ0) is 14.8. The molecule has 0 aromatic heterocycles.